The molecule has 1 saturated carbocycles. The van der Waals surface area contributed by atoms with Crippen molar-refractivity contribution < 1.29 is 21.7 Å². The number of nitrogens with one attached hydrogen (secondary N) is 1. The fourth-order valence-electron chi connectivity index (χ4n) is 3.48. The Morgan fingerprint density at radius 3 is 1.91 bits per heavy atom. The predicted octanol–water partition coefficient (Wildman–Crippen LogP) is 8.18. The van der Waals surface area contributed by atoms with Crippen LogP contribution < -0.4 is 0 Å². The fraction of sp³-hybridized carbons (Fsp3) is 0.300. The van der Waals surface area contributed by atoms with Crippen LogP contribution in [0.15, 0.2) is 71.5 Å². The summed E-state index contributed by atoms with van der Waals surface area (Å²) in [5.74, 6) is 0. The second kappa shape index (κ2) is 16.0. The molecule has 0 bridgehead atoms. The molecule has 0 aromatic heterocycles. The number of rotatable bonds is 8. The molecular formula is C30H36N2Ti+. The van der Waals surface area contributed by atoms with Crippen LogP contribution in [0.3, 0.4) is 0 Å². The zero-order valence-electron chi connectivity index (χ0n) is 20.6. The van der Waals surface area contributed by atoms with E-state index in [1.54, 1.807) is 0 Å². The van der Waals surface area contributed by atoms with Crippen LogP contribution in [0.5, 0.6) is 0 Å². The zero-order valence-corrected chi connectivity index (χ0v) is 22.2. The first-order valence-corrected chi connectivity index (χ1v) is 11.3. The molecule has 1 atom stereocenters. The van der Waals surface area contributed by atoms with Gasteiger partial charge in [-0.2, -0.15) is 0 Å². The van der Waals surface area contributed by atoms with Gasteiger partial charge >= 0.3 is 21.7 Å². The number of benzene rings is 2. The van der Waals surface area contributed by atoms with Crippen LogP contribution in [0.2, 0.25) is 0 Å². The summed E-state index contributed by atoms with van der Waals surface area (Å²) in [4.78, 5) is 0. The van der Waals surface area contributed by atoms with Crippen LogP contribution in [0.1, 0.15) is 63.3 Å². The van der Waals surface area contributed by atoms with E-state index in [2.05, 4.69) is 76.7 Å². The van der Waals surface area contributed by atoms with Crippen LogP contribution in [0, 0.1) is 44.4 Å². The number of nitrogens with zero attached hydrogens (tertiary/aromatic N) is 1. The molecule has 0 spiro atoms. The van der Waals surface area contributed by atoms with E-state index < -0.39 is 0 Å². The molecule has 169 valence electrons. The van der Waals surface area contributed by atoms with E-state index >= 15 is 0 Å². The summed E-state index contributed by atoms with van der Waals surface area (Å²) >= 11 is 0. The monoisotopic (exact) mass is 472 g/mol. The molecule has 1 fully saturated rings. The quantitative estimate of drug-likeness (QED) is 0.229. The molecule has 33 heavy (non-hydrogen) atoms. The molecule has 5 radical (unpaired) electrons. The van der Waals surface area contributed by atoms with Gasteiger partial charge in [0.2, 0.25) is 0 Å². The average molecular weight is 472 g/mol. The minimum Gasteiger partial charge on any atom is -0.653 e. The molecule has 0 saturated heterocycles. The standard InChI is InChI=1S/C25H31N2.C5H5.Ti/c1-18(2)27-25(23-9-7-6-8-10-23)17-21(5)15-20(4)16-24(26)22-13-11-19(3)12-14-22;1-2-4-5-3-1;/h6-14,18,25-26H,16-17H2,1-5H3;1-5H;/q-1;;+2. The number of hydrogen-bond acceptors (Lipinski definition) is 1. The zero-order chi connectivity index (χ0) is 23.3. The van der Waals surface area contributed by atoms with Crippen molar-refractivity contribution in [2.75, 3.05) is 0 Å². The predicted molar refractivity (Wildman–Crippen MR) is 138 cm³/mol. The van der Waals surface area contributed by atoms with Gasteiger partial charge in [0.1, 0.15) is 0 Å². The molecule has 0 heterocycles. The van der Waals surface area contributed by atoms with Crippen LogP contribution in [0.4, 0.5) is 0 Å². The Hall–Kier alpha value is -1.70. The average Bonchev–Trinajstić information content (AvgIpc) is 3.34. The van der Waals surface area contributed by atoms with E-state index in [9.17, 15) is 0 Å². The first kappa shape index (κ1) is 29.3. The van der Waals surface area contributed by atoms with Crippen molar-refractivity contribution in [2.24, 2.45) is 0 Å². The van der Waals surface area contributed by atoms with Crippen molar-refractivity contribution >= 4 is 5.71 Å². The Morgan fingerprint density at radius 1 is 0.848 bits per heavy atom. The van der Waals surface area contributed by atoms with Crippen LogP contribution in [-0.2, 0) is 21.7 Å². The Labute approximate surface area is 217 Å². The third-order valence-corrected chi connectivity index (χ3v) is 4.99. The van der Waals surface area contributed by atoms with E-state index in [0.29, 0.717) is 18.2 Å². The van der Waals surface area contributed by atoms with Gasteiger partial charge in [0.05, 0.1) is 0 Å². The minimum absolute atomic E-state index is 0. The summed E-state index contributed by atoms with van der Waals surface area (Å²) < 4.78 is 0. The Morgan fingerprint density at radius 2 is 1.39 bits per heavy atom. The SMILES string of the molecule is CC(=C=C(C)CC([N-]C(C)C)c1ccccc1)CC(=N)c1ccc(C)cc1.[CH]1[CH][CH][CH][CH]1.[Ti+2]. The van der Waals surface area contributed by atoms with Crippen molar-refractivity contribution in [2.45, 2.75) is 59.5 Å². The van der Waals surface area contributed by atoms with Gasteiger partial charge in [0, 0.05) is 12.1 Å². The Balaban J connectivity index is 0.000000799. The fourth-order valence-corrected chi connectivity index (χ4v) is 3.48. The molecule has 1 aliphatic rings. The van der Waals surface area contributed by atoms with E-state index in [1.807, 2.05) is 50.3 Å². The summed E-state index contributed by atoms with van der Waals surface area (Å²) in [5, 5.41) is 13.3. The van der Waals surface area contributed by atoms with Crippen LogP contribution >= 0.6 is 0 Å². The van der Waals surface area contributed by atoms with Gasteiger partial charge < -0.3 is 10.7 Å². The molecule has 1 N–H and O–H groups in total. The summed E-state index contributed by atoms with van der Waals surface area (Å²) in [6.07, 6.45) is 11.5. The number of hydrogen-bond donors (Lipinski definition) is 1. The maximum atomic E-state index is 8.35. The maximum absolute atomic E-state index is 8.35. The second-order valence-corrected chi connectivity index (χ2v) is 8.54. The molecule has 2 aromatic carbocycles. The van der Waals surface area contributed by atoms with Crippen LogP contribution in [0.25, 0.3) is 5.32 Å². The van der Waals surface area contributed by atoms with E-state index in [-0.39, 0.29) is 27.8 Å². The van der Waals surface area contributed by atoms with Gasteiger partial charge in [-0.1, -0.05) is 79.6 Å². The molecule has 0 amide bonds. The van der Waals surface area contributed by atoms with Crippen molar-refractivity contribution in [3.05, 3.63) is 126 Å². The Bertz CT molecular complexity index is 879. The second-order valence-electron chi connectivity index (χ2n) is 8.54. The van der Waals surface area contributed by atoms with E-state index in [0.717, 1.165) is 17.6 Å². The minimum atomic E-state index is 0. The van der Waals surface area contributed by atoms with Crippen molar-refractivity contribution in [3.8, 4) is 0 Å². The molecule has 1 aliphatic carbocycles. The van der Waals surface area contributed by atoms with Crippen LogP contribution in [-0.4, -0.2) is 11.8 Å². The molecule has 2 nitrogen and oxygen atoms in total. The normalized spacial score (nSPS) is 13.3. The molecule has 2 aromatic rings. The summed E-state index contributed by atoms with van der Waals surface area (Å²) in [5.41, 5.74) is 9.86. The third kappa shape index (κ3) is 11.8. The van der Waals surface area contributed by atoms with Gasteiger partial charge in [-0.3, -0.25) is 0 Å². The number of aryl methyl sites for hydroxylation is 1. The van der Waals surface area contributed by atoms with Crippen molar-refractivity contribution in [1.82, 2.24) is 0 Å². The van der Waals surface area contributed by atoms with Gasteiger partial charge in [0.25, 0.3) is 0 Å². The van der Waals surface area contributed by atoms with Crippen molar-refractivity contribution in [1.29, 1.82) is 5.41 Å². The third-order valence-electron chi connectivity index (χ3n) is 4.99. The smallest absolute Gasteiger partial charge is 0.653 e. The van der Waals surface area contributed by atoms with Gasteiger partial charge in [-0.15, -0.1) is 17.8 Å². The van der Waals surface area contributed by atoms with E-state index in [4.69, 9.17) is 10.7 Å². The van der Waals surface area contributed by atoms with Gasteiger partial charge in [-0.05, 0) is 76.0 Å². The maximum Gasteiger partial charge on any atom is 2.00 e. The molecular weight excluding hydrogens is 436 g/mol. The molecule has 0 aliphatic heterocycles. The van der Waals surface area contributed by atoms with Gasteiger partial charge in [-0.25, -0.2) is 0 Å². The Kier molecular flexibility index (Phi) is 14.2. The summed E-state index contributed by atoms with van der Waals surface area (Å²) in [7, 11) is 0. The summed E-state index contributed by atoms with van der Waals surface area (Å²) in [6, 6.07) is 19.1. The topological polar surface area (TPSA) is 38.0 Å². The molecule has 3 heteroatoms. The first-order valence-electron chi connectivity index (χ1n) is 11.3. The molecule has 1 unspecified atom stereocenters. The summed E-state index contributed by atoms with van der Waals surface area (Å²) in [6.45, 7) is 10.5. The van der Waals surface area contributed by atoms with Gasteiger partial charge in [0.15, 0.2) is 0 Å². The van der Waals surface area contributed by atoms with E-state index in [1.165, 1.54) is 16.7 Å². The first-order chi connectivity index (χ1) is 15.3. The largest absolute Gasteiger partial charge is 2.00 e. The van der Waals surface area contributed by atoms with Crippen molar-refractivity contribution in [3.63, 3.8) is 0 Å². The molecule has 3 rings (SSSR count).